The summed E-state index contributed by atoms with van der Waals surface area (Å²) in [5.41, 5.74) is 4.23. The largest absolute Gasteiger partial charge is 0.274 e. The summed E-state index contributed by atoms with van der Waals surface area (Å²) in [4.78, 5) is 25.2. The number of thiazole rings is 1. The van der Waals surface area contributed by atoms with Crippen LogP contribution in [0.25, 0.3) is 48.6 Å². The average molecular weight is 397 g/mol. The molecule has 138 valence electrons. The van der Waals surface area contributed by atoms with Gasteiger partial charge in [0.25, 0.3) is 5.69 Å². The predicted molar refractivity (Wildman–Crippen MR) is 113 cm³/mol. The minimum Gasteiger partial charge on any atom is -0.274 e. The molecule has 0 unspecified atom stereocenters. The molecule has 7 nitrogen and oxygen atoms in total. The minimum absolute atomic E-state index is 0.0531. The number of hydrogen-bond donors (Lipinski definition) is 0. The van der Waals surface area contributed by atoms with Gasteiger partial charge >= 0.3 is 0 Å². The van der Waals surface area contributed by atoms with Crippen molar-refractivity contribution in [2.24, 2.45) is 0 Å². The standard InChI is InChI=1S/C21H11N5O2S/c27-26(28)12-9-10-16-18(11-12)29-21(24-16)20-22-14-6-2-1-5-13(14)19-23-15-7-3-4-8-17(15)25(19)20/h1-11H. The van der Waals surface area contributed by atoms with E-state index in [1.807, 2.05) is 52.9 Å². The Labute approximate surface area is 167 Å². The lowest BCUT2D eigenvalue weighted by Gasteiger charge is -2.06. The predicted octanol–water partition coefficient (Wildman–Crippen LogP) is 5.22. The second-order valence-corrected chi connectivity index (χ2v) is 7.67. The Morgan fingerprint density at radius 3 is 2.52 bits per heavy atom. The first kappa shape index (κ1) is 16.1. The second kappa shape index (κ2) is 5.79. The highest BCUT2D eigenvalue weighted by atomic mass is 32.1. The van der Waals surface area contributed by atoms with E-state index < -0.39 is 4.92 Å². The van der Waals surface area contributed by atoms with Crippen LogP contribution in [0.15, 0.2) is 66.7 Å². The normalized spacial score (nSPS) is 11.7. The van der Waals surface area contributed by atoms with Crippen LogP contribution in [0.3, 0.4) is 0 Å². The molecule has 0 aliphatic heterocycles. The third-order valence-electron chi connectivity index (χ3n) is 4.92. The van der Waals surface area contributed by atoms with Gasteiger partial charge in [0.05, 0.1) is 31.7 Å². The number of imidazole rings is 1. The fourth-order valence-electron chi connectivity index (χ4n) is 3.61. The summed E-state index contributed by atoms with van der Waals surface area (Å²) in [6.45, 7) is 0. The van der Waals surface area contributed by atoms with Crippen molar-refractivity contribution in [3.8, 4) is 10.8 Å². The summed E-state index contributed by atoms with van der Waals surface area (Å²) >= 11 is 1.39. The zero-order valence-electron chi connectivity index (χ0n) is 14.8. The number of hydrogen-bond acceptors (Lipinski definition) is 6. The van der Waals surface area contributed by atoms with Gasteiger partial charge < -0.3 is 0 Å². The van der Waals surface area contributed by atoms with Crippen molar-refractivity contribution in [1.82, 2.24) is 19.4 Å². The molecule has 0 aliphatic carbocycles. The van der Waals surface area contributed by atoms with Crippen molar-refractivity contribution in [3.63, 3.8) is 0 Å². The zero-order valence-corrected chi connectivity index (χ0v) is 15.6. The third-order valence-corrected chi connectivity index (χ3v) is 5.93. The van der Waals surface area contributed by atoms with Gasteiger partial charge in [-0.15, -0.1) is 11.3 Å². The lowest BCUT2D eigenvalue weighted by molar-refractivity contribution is -0.384. The van der Waals surface area contributed by atoms with Crippen LogP contribution < -0.4 is 0 Å². The number of fused-ring (bicyclic) bond motifs is 6. The Morgan fingerprint density at radius 1 is 0.862 bits per heavy atom. The van der Waals surface area contributed by atoms with Crippen molar-refractivity contribution in [2.45, 2.75) is 0 Å². The second-order valence-electron chi connectivity index (χ2n) is 6.64. The number of nitro groups is 1. The fourth-order valence-corrected chi connectivity index (χ4v) is 4.59. The molecule has 0 atom stereocenters. The maximum absolute atomic E-state index is 11.1. The topological polar surface area (TPSA) is 86.2 Å². The number of non-ortho nitro benzene ring substituents is 1. The number of benzene rings is 3. The van der Waals surface area contributed by atoms with Gasteiger partial charge in [0.15, 0.2) is 10.8 Å². The van der Waals surface area contributed by atoms with Crippen molar-refractivity contribution < 1.29 is 4.92 Å². The first-order valence-corrected chi connectivity index (χ1v) is 9.72. The van der Waals surface area contributed by atoms with Crippen LogP contribution >= 0.6 is 11.3 Å². The lowest BCUT2D eigenvalue weighted by atomic mass is 10.2. The Balaban J connectivity index is 1.74. The van der Waals surface area contributed by atoms with Crippen molar-refractivity contribution in [2.75, 3.05) is 0 Å². The molecule has 0 spiro atoms. The Hall–Kier alpha value is -3.91. The number of para-hydroxylation sites is 3. The van der Waals surface area contributed by atoms with E-state index in [-0.39, 0.29) is 5.69 Å². The van der Waals surface area contributed by atoms with Gasteiger partial charge in [0.1, 0.15) is 5.65 Å². The molecule has 0 amide bonds. The van der Waals surface area contributed by atoms with Crippen LogP contribution in [0.4, 0.5) is 5.69 Å². The van der Waals surface area contributed by atoms with Crippen LogP contribution in [0.5, 0.6) is 0 Å². The molecule has 6 aromatic rings. The van der Waals surface area contributed by atoms with E-state index in [1.54, 1.807) is 12.1 Å². The maximum atomic E-state index is 11.1. The van der Waals surface area contributed by atoms with E-state index in [2.05, 4.69) is 0 Å². The van der Waals surface area contributed by atoms with Gasteiger partial charge in [0.2, 0.25) is 0 Å². The van der Waals surface area contributed by atoms with Crippen LogP contribution in [0.2, 0.25) is 0 Å². The van der Waals surface area contributed by atoms with E-state index >= 15 is 0 Å². The summed E-state index contributed by atoms with van der Waals surface area (Å²) in [6, 6.07) is 20.5. The Kier molecular flexibility index (Phi) is 3.21. The van der Waals surface area contributed by atoms with Gasteiger partial charge in [-0.1, -0.05) is 24.3 Å². The van der Waals surface area contributed by atoms with Crippen LogP contribution in [0, 0.1) is 10.1 Å². The quantitative estimate of drug-likeness (QED) is 0.295. The molecular weight excluding hydrogens is 386 g/mol. The van der Waals surface area contributed by atoms with E-state index in [4.69, 9.17) is 15.0 Å². The molecule has 8 heteroatoms. The molecule has 3 heterocycles. The molecule has 0 fully saturated rings. The van der Waals surface area contributed by atoms with Crippen LogP contribution in [-0.2, 0) is 0 Å². The summed E-state index contributed by atoms with van der Waals surface area (Å²) in [5, 5.41) is 12.8. The first-order valence-electron chi connectivity index (χ1n) is 8.90. The molecule has 0 bridgehead atoms. The minimum atomic E-state index is -0.394. The molecule has 0 radical (unpaired) electrons. The van der Waals surface area contributed by atoms with Crippen molar-refractivity contribution in [3.05, 3.63) is 76.8 Å². The molecule has 3 aromatic heterocycles. The van der Waals surface area contributed by atoms with Gasteiger partial charge in [0, 0.05) is 17.5 Å². The van der Waals surface area contributed by atoms with Crippen molar-refractivity contribution >= 4 is 54.8 Å². The molecule has 0 N–H and O–H groups in total. The molecule has 29 heavy (non-hydrogen) atoms. The van der Waals surface area contributed by atoms with Gasteiger partial charge in [-0.3, -0.25) is 14.5 Å². The van der Waals surface area contributed by atoms with Crippen LogP contribution in [-0.4, -0.2) is 24.3 Å². The van der Waals surface area contributed by atoms with Crippen LogP contribution in [0.1, 0.15) is 0 Å². The highest BCUT2D eigenvalue weighted by molar-refractivity contribution is 7.21. The highest BCUT2D eigenvalue weighted by Crippen LogP contribution is 2.34. The molecule has 0 saturated heterocycles. The lowest BCUT2D eigenvalue weighted by Crippen LogP contribution is -1.97. The number of nitro benzene ring substituents is 1. The van der Waals surface area contributed by atoms with Gasteiger partial charge in [-0.05, 0) is 30.3 Å². The number of aromatic nitrogens is 4. The van der Waals surface area contributed by atoms with E-state index in [1.165, 1.54) is 17.4 Å². The van der Waals surface area contributed by atoms with Gasteiger partial charge in [-0.2, -0.15) is 0 Å². The van der Waals surface area contributed by atoms with Gasteiger partial charge in [-0.25, -0.2) is 15.0 Å². The SMILES string of the molecule is O=[N+]([O-])c1ccc2nc(-c3nc4ccccc4c4nc5ccccc5n34)sc2c1. The number of nitrogens with zero attached hydrogens (tertiary/aromatic N) is 5. The van der Waals surface area contributed by atoms with Crippen molar-refractivity contribution in [1.29, 1.82) is 0 Å². The average Bonchev–Trinajstić information content (AvgIpc) is 3.34. The summed E-state index contributed by atoms with van der Waals surface area (Å²) in [7, 11) is 0. The van der Waals surface area contributed by atoms with E-state index in [0.717, 1.165) is 32.3 Å². The first-order chi connectivity index (χ1) is 14.2. The molecule has 0 saturated carbocycles. The Bertz CT molecular complexity index is 1600. The number of rotatable bonds is 2. The smallest absolute Gasteiger partial charge is 0.270 e. The maximum Gasteiger partial charge on any atom is 0.270 e. The third kappa shape index (κ3) is 2.33. The molecule has 6 rings (SSSR count). The van der Waals surface area contributed by atoms with E-state index in [9.17, 15) is 10.1 Å². The summed E-state index contributed by atoms with van der Waals surface area (Å²) < 4.78 is 2.77. The molecular formula is C21H11N5O2S. The molecule has 3 aromatic carbocycles. The molecule has 0 aliphatic rings. The highest BCUT2D eigenvalue weighted by Gasteiger charge is 2.18. The zero-order chi connectivity index (χ0) is 19.5. The monoisotopic (exact) mass is 397 g/mol. The Morgan fingerprint density at radius 2 is 1.66 bits per heavy atom. The summed E-state index contributed by atoms with van der Waals surface area (Å²) in [6.07, 6.45) is 0. The van der Waals surface area contributed by atoms with E-state index in [0.29, 0.717) is 16.3 Å². The summed E-state index contributed by atoms with van der Waals surface area (Å²) in [5.74, 6) is 0.677. The fraction of sp³-hybridized carbons (Fsp3) is 0.